The molecule has 8 aromatic rings. The molecule has 0 saturated heterocycles. The summed E-state index contributed by atoms with van der Waals surface area (Å²) in [5.41, 5.74) is 7.32. The summed E-state index contributed by atoms with van der Waals surface area (Å²) in [6.45, 7) is 5.60. The van der Waals surface area contributed by atoms with E-state index in [9.17, 15) is 0 Å². The Hall–Kier alpha value is -9.40. The Balaban J connectivity index is 0.000000215. The molecule has 0 spiro atoms. The standard InChI is InChI=1S/C27H3.C14H10N4.C14H9N4.2Ir/c1-3-5-7-9-11-13-15-17-19-21-23-25-27-26-24-22-20-18-16-14-12-10-8-6-4-2;2*1-9-8-12-13-10(4-2-6-15-13)11-5-3-7-16-14(11)18(12)17-9;;/h1H3;2-8H,1H3;2-7H,1H3;;/q-1;;-1;;. The average molecular weight is 1180 g/mol. The van der Waals surface area contributed by atoms with Crippen LogP contribution in [0.15, 0.2) is 79.4 Å². The van der Waals surface area contributed by atoms with E-state index in [1.165, 1.54) is 0 Å². The fourth-order valence-corrected chi connectivity index (χ4v) is 5.53. The first kappa shape index (κ1) is 48.3. The smallest absolute Gasteiger partial charge is 0.162 e. The van der Waals surface area contributed by atoms with Gasteiger partial charge in [0.2, 0.25) is 0 Å². The topological polar surface area (TPSA) is 86.2 Å². The van der Waals surface area contributed by atoms with Crippen molar-refractivity contribution in [3.63, 3.8) is 0 Å². The van der Waals surface area contributed by atoms with Crippen molar-refractivity contribution in [3.05, 3.63) is 103 Å². The largest absolute Gasteiger partial charge is 0.358 e. The van der Waals surface area contributed by atoms with Gasteiger partial charge in [-0.2, -0.15) is 16.3 Å². The Labute approximate surface area is 403 Å². The molecule has 0 fully saturated rings. The van der Waals surface area contributed by atoms with E-state index in [4.69, 9.17) is 6.42 Å². The first-order valence-corrected chi connectivity index (χ1v) is 18.3. The van der Waals surface area contributed by atoms with Crippen LogP contribution in [-0.2, 0) is 40.2 Å². The molecule has 0 aliphatic rings. The van der Waals surface area contributed by atoms with Crippen LogP contribution in [0.25, 0.3) is 54.9 Å². The molecule has 0 aliphatic heterocycles. The van der Waals surface area contributed by atoms with Crippen LogP contribution < -0.4 is 0 Å². The van der Waals surface area contributed by atoms with Crippen molar-refractivity contribution in [2.75, 3.05) is 0 Å². The molecular formula is C55H22Ir2N8-2. The van der Waals surface area contributed by atoms with Crippen LogP contribution in [0.1, 0.15) is 18.3 Å². The molecule has 0 saturated carbocycles. The Morgan fingerprint density at radius 3 is 1.31 bits per heavy atom. The van der Waals surface area contributed by atoms with Crippen LogP contribution in [0.2, 0.25) is 0 Å². The first-order valence-electron chi connectivity index (χ1n) is 18.3. The van der Waals surface area contributed by atoms with Crippen molar-refractivity contribution < 1.29 is 40.2 Å². The summed E-state index contributed by atoms with van der Waals surface area (Å²) in [6.07, 6.45) is 13.7. The molecular weight excluding hydrogens is 1160 g/mol. The van der Waals surface area contributed by atoms with Crippen molar-refractivity contribution in [1.29, 1.82) is 0 Å². The Morgan fingerprint density at radius 2 is 0.846 bits per heavy atom. The second kappa shape index (κ2) is 26.0. The van der Waals surface area contributed by atoms with Crippen LogP contribution in [0, 0.1) is 174 Å². The van der Waals surface area contributed by atoms with Gasteiger partial charge in [0.15, 0.2) is 11.3 Å². The van der Waals surface area contributed by atoms with Gasteiger partial charge in [-0.1, -0.05) is 40.5 Å². The van der Waals surface area contributed by atoms with Gasteiger partial charge in [-0.25, -0.2) is 20.4 Å². The summed E-state index contributed by atoms with van der Waals surface area (Å²) < 4.78 is 3.69. The van der Waals surface area contributed by atoms with Gasteiger partial charge in [0.25, 0.3) is 0 Å². The molecule has 0 amide bonds. The fraction of sp³-hybridized carbons (Fsp3) is 0.0545. The number of nitrogens with zero attached hydrogens (tertiary/aromatic N) is 8. The van der Waals surface area contributed by atoms with E-state index in [2.05, 4.69) is 196 Å². The maximum Gasteiger partial charge on any atom is 0.162 e. The van der Waals surface area contributed by atoms with Crippen LogP contribution >= 0.6 is 0 Å². The predicted octanol–water partition coefficient (Wildman–Crippen LogP) is 5.91. The summed E-state index contributed by atoms with van der Waals surface area (Å²) in [5, 5.41) is 13.3. The Morgan fingerprint density at radius 1 is 0.462 bits per heavy atom. The second-order valence-electron chi connectivity index (χ2n) is 11.9. The minimum absolute atomic E-state index is 0. The van der Waals surface area contributed by atoms with E-state index >= 15 is 0 Å². The van der Waals surface area contributed by atoms with Crippen molar-refractivity contribution in [1.82, 2.24) is 39.2 Å². The number of fused-ring (bicyclic) bond motifs is 12. The van der Waals surface area contributed by atoms with Crippen molar-refractivity contribution in [3.8, 4) is 148 Å². The van der Waals surface area contributed by atoms with Gasteiger partial charge in [0, 0.05) is 111 Å². The molecule has 0 bridgehead atoms. The number of aromatic nitrogens is 8. The minimum atomic E-state index is 0. The maximum atomic E-state index is 6.52. The zero-order chi connectivity index (χ0) is 43.9. The molecule has 302 valence electrons. The van der Waals surface area contributed by atoms with Crippen molar-refractivity contribution in [2.45, 2.75) is 20.8 Å². The normalized spacial score (nSPS) is 8.03. The molecule has 2 radical (unpaired) electrons. The minimum Gasteiger partial charge on any atom is -0.358 e. The predicted molar refractivity (Wildman–Crippen MR) is 246 cm³/mol. The van der Waals surface area contributed by atoms with Gasteiger partial charge in [0.05, 0.1) is 16.7 Å². The SMILES string of the molecule is Cc1[c-]c2c3ncccc3c3cccnc3n2n1.Cc1cc2c3ncccc3c3cccnc3n2n1.[C-]#CC#CC#CC#CC#CC#CC#CC#CC#CC#CC#CC#CC#CC.[Ir].[Ir]. The van der Waals surface area contributed by atoms with E-state index < -0.39 is 0 Å². The van der Waals surface area contributed by atoms with Crippen LogP contribution in [0.3, 0.4) is 0 Å². The molecule has 10 heteroatoms. The van der Waals surface area contributed by atoms with Gasteiger partial charge in [-0.3, -0.25) is 15.4 Å². The summed E-state index contributed by atoms with van der Waals surface area (Å²) in [5.74, 6) is 61.3. The van der Waals surface area contributed by atoms with E-state index in [1.54, 1.807) is 25.5 Å². The van der Waals surface area contributed by atoms with Gasteiger partial charge in [0.1, 0.15) is 0 Å². The maximum absolute atomic E-state index is 6.52. The molecule has 8 nitrogen and oxygen atoms in total. The van der Waals surface area contributed by atoms with Crippen LogP contribution in [0.5, 0.6) is 0 Å². The summed E-state index contributed by atoms with van der Waals surface area (Å²) in [4.78, 5) is 17.8. The van der Waals surface area contributed by atoms with Crippen molar-refractivity contribution >= 4 is 54.9 Å². The van der Waals surface area contributed by atoms with Crippen LogP contribution in [-0.4, -0.2) is 39.2 Å². The van der Waals surface area contributed by atoms with E-state index in [0.29, 0.717) is 0 Å². The number of hydrogen-bond donors (Lipinski definition) is 0. The van der Waals surface area contributed by atoms with Gasteiger partial charge < -0.3 is 11.4 Å². The molecule has 8 rings (SSSR count). The third kappa shape index (κ3) is 13.3. The zero-order valence-electron chi connectivity index (χ0n) is 34.2. The third-order valence-electron chi connectivity index (χ3n) is 7.79. The third-order valence-corrected chi connectivity index (χ3v) is 7.79. The monoisotopic (exact) mass is 1180 g/mol. The van der Waals surface area contributed by atoms with Crippen LogP contribution in [0.4, 0.5) is 0 Å². The Bertz CT molecular complexity index is 3710. The molecule has 0 aromatic carbocycles. The number of rotatable bonds is 0. The molecule has 8 aromatic heterocycles. The van der Waals surface area contributed by atoms with E-state index in [-0.39, 0.29) is 40.2 Å². The summed E-state index contributed by atoms with van der Waals surface area (Å²) in [6, 6.07) is 21.3. The molecule has 0 N–H and O–H groups in total. The number of pyridine rings is 6. The quantitative estimate of drug-likeness (QED) is 0.107. The summed E-state index contributed by atoms with van der Waals surface area (Å²) in [7, 11) is 0. The Kier molecular flexibility index (Phi) is 19.3. The van der Waals surface area contributed by atoms with Gasteiger partial charge in [-0.15, -0.1) is 5.92 Å². The molecule has 0 atom stereocenters. The fourth-order valence-electron chi connectivity index (χ4n) is 5.53. The van der Waals surface area contributed by atoms with Gasteiger partial charge in [-0.05, 0) is 158 Å². The first-order chi connectivity index (χ1) is 31.1. The van der Waals surface area contributed by atoms with E-state index in [1.807, 2.05) is 71.4 Å². The number of hydrogen-bond acceptors (Lipinski definition) is 6. The average Bonchev–Trinajstić information content (AvgIpc) is 3.92. The van der Waals surface area contributed by atoms with Crippen molar-refractivity contribution in [2.24, 2.45) is 0 Å². The summed E-state index contributed by atoms with van der Waals surface area (Å²) >= 11 is 0. The molecule has 0 aliphatic carbocycles. The second-order valence-corrected chi connectivity index (χ2v) is 11.9. The molecule has 0 unspecified atom stereocenters. The molecule has 8 heterocycles. The molecule has 65 heavy (non-hydrogen) atoms. The number of aryl methyl sites for hydroxylation is 2. The van der Waals surface area contributed by atoms with Gasteiger partial charge >= 0.3 is 0 Å². The zero-order valence-corrected chi connectivity index (χ0v) is 39.0. The van der Waals surface area contributed by atoms with E-state index in [0.717, 1.165) is 66.3 Å².